The number of carbonyl (C=O) groups is 1. The van der Waals surface area contributed by atoms with E-state index in [-0.39, 0.29) is 17.7 Å². The number of benzene rings is 2. The highest BCUT2D eigenvalue weighted by Gasteiger charge is 2.23. The van der Waals surface area contributed by atoms with Crippen molar-refractivity contribution in [2.45, 2.75) is 26.2 Å². The van der Waals surface area contributed by atoms with E-state index in [0.717, 1.165) is 17.7 Å². The van der Waals surface area contributed by atoms with Crippen molar-refractivity contribution in [1.29, 1.82) is 0 Å². The van der Waals surface area contributed by atoms with Crippen LogP contribution in [0, 0.1) is 5.92 Å². The van der Waals surface area contributed by atoms with Gasteiger partial charge in [-0.3, -0.25) is 4.79 Å². The van der Waals surface area contributed by atoms with E-state index >= 15 is 0 Å². The summed E-state index contributed by atoms with van der Waals surface area (Å²) in [6.07, 6.45) is 0.793. The molecule has 1 atom stereocenters. The molecule has 0 saturated carbocycles. The minimum Gasteiger partial charge on any atom is -0.497 e. The van der Waals surface area contributed by atoms with Crippen molar-refractivity contribution in [2.75, 3.05) is 13.7 Å². The summed E-state index contributed by atoms with van der Waals surface area (Å²) < 4.78 is 5.15. The van der Waals surface area contributed by atoms with E-state index in [2.05, 4.69) is 19.2 Å². The largest absolute Gasteiger partial charge is 0.497 e. The molecule has 0 spiro atoms. The number of halogens is 1. The predicted molar refractivity (Wildman–Crippen MR) is 98.7 cm³/mol. The lowest BCUT2D eigenvalue weighted by Gasteiger charge is -2.21. The molecule has 0 aromatic heterocycles. The number of hydrogen-bond donors (Lipinski definition) is 1. The van der Waals surface area contributed by atoms with Gasteiger partial charge in [-0.15, -0.1) is 0 Å². The summed E-state index contributed by atoms with van der Waals surface area (Å²) in [7, 11) is 1.65. The van der Waals surface area contributed by atoms with Crippen molar-refractivity contribution in [2.24, 2.45) is 5.92 Å². The van der Waals surface area contributed by atoms with Gasteiger partial charge in [0.05, 0.1) is 13.0 Å². The number of rotatable bonds is 7. The molecule has 0 aliphatic heterocycles. The molecule has 2 rings (SSSR count). The molecule has 0 saturated heterocycles. The molecule has 4 heteroatoms. The average molecular weight is 346 g/mol. The molecule has 0 aliphatic carbocycles. The Balaban J connectivity index is 1.94. The fourth-order valence-electron chi connectivity index (χ4n) is 2.74. The van der Waals surface area contributed by atoms with E-state index in [0.29, 0.717) is 11.6 Å². The first-order valence-corrected chi connectivity index (χ1v) is 8.55. The standard InChI is InChI=1S/C20H24ClNO2/c1-14(2)19(16-6-8-17(21)9-7-16)20(23)22-13-12-15-4-10-18(24-3)11-5-15/h4-11,14,19H,12-13H2,1-3H3,(H,22,23). The number of nitrogens with one attached hydrogen (secondary N) is 1. The third kappa shape index (κ3) is 5.00. The summed E-state index contributed by atoms with van der Waals surface area (Å²) >= 11 is 5.94. The summed E-state index contributed by atoms with van der Waals surface area (Å²) in [4.78, 5) is 12.6. The number of carbonyl (C=O) groups excluding carboxylic acids is 1. The van der Waals surface area contributed by atoms with Crippen LogP contribution in [0.5, 0.6) is 5.75 Å². The number of methoxy groups -OCH3 is 1. The quantitative estimate of drug-likeness (QED) is 0.805. The molecule has 2 aromatic rings. The third-order valence-electron chi connectivity index (χ3n) is 4.05. The molecule has 0 aliphatic rings. The van der Waals surface area contributed by atoms with E-state index in [1.165, 1.54) is 5.56 Å². The molecule has 1 unspecified atom stereocenters. The lowest BCUT2D eigenvalue weighted by atomic mass is 9.87. The first-order chi connectivity index (χ1) is 11.5. The van der Waals surface area contributed by atoms with Gasteiger partial charge in [-0.2, -0.15) is 0 Å². The van der Waals surface area contributed by atoms with Gasteiger partial charge in [0.1, 0.15) is 5.75 Å². The summed E-state index contributed by atoms with van der Waals surface area (Å²) in [6.45, 7) is 4.73. The molecule has 2 aromatic carbocycles. The lowest BCUT2D eigenvalue weighted by molar-refractivity contribution is -0.123. The van der Waals surface area contributed by atoms with Crippen LogP contribution in [0.15, 0.2) is 48.5 Å². The van der Waals surface area contributed by atoms with E-state index in [9.17, 15) is 4.79 Å². The predicted octanol–water partition coefficient (Wildman–Crippen LogP) is 4.45. The van der Waals surface area contributed by atoms with Gasteiger partial charge >= 0.3 is 0 Å². The topological polar surface area (TPSA) is 38.3 Å². The first kappa shape index (κ1) is 18.3. The smallest absolute Gasteiger partial charge is 0.227 e. The second kappa shape index (κ2) is 8.74. The summed E-state index contributed by atoms with van der Waals surface area (Å²) in [5.41, 5.74) is 2.17. The monoisotopic (exact) mass is 345 g/mol. The first-order valence-electron chi connectivity index (χ1n) is 8.17. The van der Waals surface area contributed by atoms with Crippen molar-refractivity contribution < 1.29 is 9.53 Å². The van der Waals surface area contributed by atoms with Gasteiger partial charge in [0, 0.05) is 11.6 Å². The van der Waals surface area contributed by atoms with Crippen LogP contribution >= 0.6 is 11.6 Å². The zero-order valence-corrected chi connectivity index (χ0v) is 15.1. The average Bonchev–Trinajstić information content (AvgIpc) is 2.57. The highest BCUT2D eigenvalue weighted by Crippen LogP contribution is 2.26. The Kier molecular flexibility index (Phi) is 6.68. The Hall–Kier alpha value is -2.00. The van der Waals surface area contributed by atoms with Crippen molar-refractivity contribution in [3.05, 3.63) is 64.7 Å². The number of amides is 1. The van der Waals surface area contributed by atoms with Gasteiger partial charge in [-0.05, 0) is 47.7 Å². The fourth-order valence-corrected chi connectivity index (χ4v) is 2.87. The van der Waals surface area contributed by atoms with E-state index in [1.807, 2.05) is 48.5 Å². The van der Waals surface area contributed by atoms with Crippen LogP contribution in [0.1, 0.15) is 30.9 Å². The molecule has 0 heterocycles. The Morgan fingerprint density at radius 3 is 2.25 bits per heavy atom. The van der Waals surface area contributed by atoms with Crippen LogP contribution in [0.3, 0.4) is 0 Å². The number of ether oxygens (including phenoxy) is 1. The van der Waals surface area contributed by atoms with Crippen molar-refractivity contribution >= 4 is 17.5 Å². The van der Waals surface area contributed by atoms with E-state index in [4.69, 9.17) is 16.3 Å². The van der Waals surface area contributed by atoms with Crippen molar-refractivity contribution in [3.8, 4) is 5.75 Å². The van der Waals surface area contributed by atoms with Gasteiger partial charge in [-0.25, -0.2) is 0 Å². The zero-order chi connectivity index (χ0) is 17.5. The van der Waals surface area contributed by atoms with Crippen molar-refractivity contribution in [3.63, 3.8) is 0 Å². The number of hydrogen-bond acceptors (Lipinski definition) is 2. The third-order valence-corrected chi connectivity index (χ3v) is 4.30. The van der Waals surface area contributed by atoms with Gasteiger partial charge < -0.3 is 10.1 Å². The lowest BCUT2D eigenvalue weighted by Crippen LogP contribution is -2.33. The SMILES string of the molecule is COc1ccc(CCNC(=O)C(c2ccc(Cl)cc2)C(C)C)cc1. The minimum atomic E-state index is -0.168. The zero-order valence-electron chi connectivity index (χ0n) is 14.4. The Morgan fingerprint density at radius 2 is 1.71 bits per heavy atom. The van der Waals surface area contributed by atoms with Crippen LogP contribution in [-0.2, 0) is 11.2 Å². The van der Waals surface area contributed by atoms with Crippen LogP contribution in [0.2, 0.25) is 5.02 Å². The Bertz CT molecular complexity index is 650. The maximum absolute atomic E-state index is 12.6. The molecule has 128 valence electrons. The molecular formula is C20H24ClNO2. The highest BCUT2D eigenvalue weighted by molar-refractivity contribution is 6.30. The van der Waals surface area contributed by atoms with Crippen LogP contribution < -0.4 is 10.1 Å². The molecule has 0 radical (unpaired) electrons. The van der Waals surface area contributed by atoms with Gasteiger partial charge in [0.25, 0.3) is 0 Å². The second-order valence-electron chi connectivity index (χ2n) is 6.16. The molecule has 3 nitrogen and oxygen atoms in total. The second-order valence-corrected chi connectivity index (χ2v) is 6.60. The molecule has 0 bridgehead atoms. The van der Waals surface area contributed by atoms with Gasteiger partial charge in [0.2, 0.25) is 5.91 Å². The highest BCUT2D eigenvalue weighted by atomic mass is 35.5. The summed E-state index contributed by atoms with van der Waals surface area (Å²) in [5, 5.41) is 3.73. The van der Waals surface area contributed by atoms with Crippen LogP contribution in [0.25, 0.3) is 0 Å². The molecule has 24 heavy (non-hydrogen) atoms. The van der Waals surface area contributed by atoms with Crippen LogP contribution in [-0.4, -0.2) is 19.6 Å². The van der Waals surface area contributed by atoms with Crippen molar-refractivity contribution in [1.82, 2.24) is 5.32 Å². The molecule has 1 amide bonds. The van der Waals surface area contributed by atoms with E-state index < -0.39 is 0 Å². The normalized spacial score (nSPS) is 12.0. The maximum atomic E-state index is 12.6. The van der Waals surface area contributed by atoms with Gasteiger partial charge in [0.15, 0.2) is 0 Å². The molecule has 0 fully saturated rings. The minimum absolute atomic E-state index is 0.0563. The summed E-state index contributed by atoms with van der Waals surface area (Å²) in [6, 6.07) is 15.4. The summed E-state index contributed by atoms with van der Waals surface area (Å²) in [5.74, 6) is 0.941. The van der Waals surface area contributed by atoms with Crippen LogP contribution in [0.4, 0.5) is 0 Å². The fraction of sp³-hybridized carbons (Fsp3) is 0.350. The maximum Gasteiger partial charge on any atom is 0.227 e. The Morgan fingerprint density at radius 1 is 1.08 bits per heavy atom. The van der Waals surface area contributed by atoms with E-state index in [1.54, 1.807) is 7.11 Å². The Labute approximate surface area is 149 Å². The van der Waals surface area contributed by atoms with Gasteiger partial charge in [-0.1, -0.05) is 49.7 Å². The molecule has 1 N–H and O–H groups in total. The molecular weight excluding hydrogens is 322 g/mol.